The summed E-state index contributed by atoms with van der Waals surface area (Å²) in [4.78, 5) is 26.9. The number of rotatable bonds is 6. The average Bonchev–Trinajstić information content (AvgIpc) is 2.64. The number of carbonyl (C=O) groups is 2. The van der Waals surface area contributed by atoms with Gasteiger partial charge in [-0.1, -0.05) is 13.8 Å². The van der Waals surface area contributed by atoms with E-state index in [-0.39, 0.29) is 24.8 Å². The van der Waals surface area contributed by atoms with Crippen LogP contribution in [0.5, 0.6) is 0 Å². The van der Waals surface area contributed by atoms with E-state index in [9.17, 15) is 14.0 Å². The lowest BCUT2D eigenvalue weighted by Gasteiger charge is -2.30. The van der Waals surface area contributed by atoms with Crippen LogP contribution in [0.2, 0.25) is 0 Å². The molecule has 7 nitrogen and oxygen atoms in total. The van der Waals surface area contributed by atoms with Gasteiger partial charge in [0.2, 0.25) is 0 Å². The van der Waals surface area contributed by atoms with Gasteiger partial charge >= 0.3 is 12.1 Å². The van der Waals surface area contributed by atoms with Crippen LogP contribution in [0.25, 0.3) is 0 Å². The lowest BCUT2D eigenvalue weighted by Crippen LogP contribution is -2.38. The highest BCUT2D eigenvalue weighted by Crippen LogP contribution is 2.26. The highest BCUT2D eigenvalue weighted by Gasteiger charge is 2.23. The minimum Gasteiger partial charge on any atom is -0.468 e. The van der Waals surface area contributed by atoms with Crippen LogP contribution in [0.15, 0.2) is 18.2 Å². The number of amides is 1. The molecule has 0 atom stereocenters. The first kappa shape index (κ1) is 20.0. The molecule has 1 aliphatic heterocycles. The van der Waals surface area contributed by atoms with Crippen molar-refractivity contribution in [3.63, 3.8) is 0 Å². The van der Waals surface area contributed by atoms with Gasteiger partial charge in [0.25, 0.3) is 0 Å². The summed E-state index contributed by atoms with van der Waals surface area (Å²) in [5.74, 6) is -0.959. The zero-order valence-corrected chi connectivity index (χ0v) is 15.4. The van der Waals surface area contributed by atoms with Crippen molar-refractivity contribution < 1.29 is 28.2 Å². The molecule has 8 heteroatoms. The van der Waals surface area contributed by atoms with Crippen molar-refractivity contribution >= 4 is 23.4 Å². The quantitative estimate of drug-likeness (QED) is 0.719. The molecule has 1 fully saturated rings. The molecule has 0 unspecified atom stereocenters. The molecule has 0 aliphatic carbocycles. The molecular weight excluding hydrogens is 343 g/mol. The van der Waals surface area contributed by atoms with E-state index in [4.69, 9.17) is 9.47 Å². The van der Waals surface area contributed by atoms with Crippen molar-refractivity contribution in [2.45, 2.75) is 13.8 Å². The third-order valence-corrected chi connectivity index (χ3v) is 3.87. The highest BCUT2D eigenvalue weighted by molar-refractivity contribution is 5.93. The van der Waals surface area contributed by atoms with Crippen LogP contribution in [0, 0.1) is 11.7 Å². The molecule has 1 aromatic carbocycles. The van der Waals surface area contributed by atoms with E-state index in [0.29, 0.717) is 32.0 Å². The fraction of sp³-hybridized carbons (Fsp3) is 0.556. The molecule has 1 heterocycles. The van der Waals surface area contributed by atoms with Gasteiger partial charge in [-0.25, -0.2) is 9.18 Å². The van der Waals surface area contributed by atoms with Crippen molar-refractivity contribution in [2.24, 2.45) is 5.92 Å². The van der Waals surface area contributed by atoms with Crippen LogP contribution in [0.3, 0.4) is 0 Å². The van der Waals surface area contributed by atoms with Gasteiger partial charge in [-0.15, -0.1) is 0 Å². The summed E-state index contributed by atoms with van der Waals surface area (Å²) in [6, 6.07) is 4.41. The topological polar surface area (TPSA) is 68.3 Å². The number of benzene rings is 1. The maximum atomic E-state index is 14.6. The molecule has 0 saturated carbocycles. The maximum Gasteiger partial charge on any atom is 0.414 e. The lowest BCUT2D eigenvalue weighted by atomic mass is 10.2. The molecular formula is C18H25FN2O5. The minimum atomic E-state index is -0.720. The molecule has 2 rings (SSSR count). The zero-order valence-electron chi connectivity index (χ0n) is 15.4. The van der Waals surface area contributed by atoms with Gasteiger partial charge in [-0.2, -0.15) is 0 Å². The Morgan fingerprint density at radius 3 is 2.58 bits per heavy atom. The van der Waals surface area contributed by atoms with Crippen LogP contribution >= 0.6 is 0 Å². The van der Waals surface area contributed by atoms with Gasteiger partial charge in [0, 0.05) is 13.1 Å². The SMILES string of the molecule is COC(=O)CN(C(=O)OCC(C)C)c1ccc(N2CCOCC2)c(F)c1. The Hall–Kier alpha value is -2.35. The Morgan fingerprint density at radius 1 is 1.31 bits per heavy atom. The first-order valence-corrected chi connectivity index (χ1v) is 8.55. The zero-order chi connectivity index (χ0) is 19.1. The highest BCUT2D eigenvalue weighted by atomic mass is 19.1. The van der Waals surface area contributed by atoms with Crippen molar-refractivity contribution in [2.75, 3.05) is 56.4 Å². The second-order valence-electron chi connectivity index (χ2n) is 6.37. The number of hydrogen-bond acceptors (Lipinski definition) is 6. The Labute approximate surface area is 152 Å². The van der Waals surface area contributed by atoms with Crippen LogP contribution < -0.4 is 9.80 Å². The second kappa shape index (κ2) is 9.38. The standard InChI is InChI=1S/C18H25FN2O5/c1-13(2)12-26-18(23)21(11-17(22)24-3)14-4-5-16(15(19)10-14)20-6-8-25-9-7-20/h4-5,10,13H,6-9,11-12H2,1-3H3. The summed E-state index contributed by atoms with van der Waals surface area (Å²) in [5, 5.41) is 0. The minimum absolute atomic E-state index is 0.138. The summed E-state index contributed by atoms with van der Waals surface area (Å²) in [6.07, 6.45) is -0.720. The molecule has 0 bridgehead atoms. The number of ether oxygens (including phenoxy) is 3. The lowest BCUT2D eigenvalue weighted by molar-refractivity contribution is -0.138. The third kappa shape index (κ3) is 5.32. The van der Waals surface area contributed by atoms with Crippen LogP contribution in [-0.4, -0.2) is 58.6 Å². The molecule has 0 spiro atoms. The van der Waals surface area contributed by atoms with Gasteiger partial charge in [0.1, 0.15) is 12.4 Å². The molecule has 0 radical (unpaired) electrons. The van der Waals surface area contributed by atoms with Gasteiger partial charge in [-0.3, -0.25) is 9.69 Å². The van der Waals surface area contributed by atoms with Crippen molar-refractivity contribution in [1.82, 2.24) is 0 Å². The van der Waals surface area contributed by atoms with Crippen LogP contribution in [0.4, 0.5) is 20.6 Å². The Bertz CT molecular complexity index is 632. The van der Waals surface area contributed by atoms with Crippen LogP contribution in [-0.2, 0) is 19.0 Å². The molecule has 1 aliphatic rings. The summed E-state index contributed by atoms with van der Waals surface area (Å²) in [7, 11) is 1.22. The van der Waals surface area contributed by atoms with E-state index < -0.39 is 17.9 Å². The van der Waals surface area contributed by atoms with E-state index in [1.165, 1.54) is 13.2 Å². The van der Waals surface area contributed by atoms with Gasteiger partial charge in [0.15, 0.2) is 0 Å². The number of nitrogens with zero attached hydrogens (tertiary/aromatic N) is 2. The Morgan fingerprint density at radius 2 is 2.00 bits per heavy atom. The number of methoxy groups -OCH3 is 1. The van der Waals surface area contributed by atoms with Gasteiger partial charge < -0.3 is 19.1 Å². The molecule has 1 amide bonds. The maximum absolute atomic E-state index is 14.6. The van der Waals surface area contributed by atoms with E-state index in [1.807, 2.05) is 18.7 Å². The smallest absolute Gasteiger partial charge is 0.414 e. The molecule has 0 N–H and O–H groups in total. The fourth-order valence-electron chi connectivity index (χ4n) is 2.50. The van der Waals surface area contributed by atoms with Crippen molar-refractivity contribution in [3.8, 4) is 0 Å². The monoisotopic (exact) mass is 368 g/mol. The van der Waals surface area contributed by atoms with Gasteiger partial charge in [-0.05, 0) is 24.1 Å². The molecule has 144 valence electrons. The normalized spacial score (nSPS) is 14.3. The summed E-state index contributed by atoms with van der Waals surface area (Å²) in [5.41, 5.74) is 0.671. The largest absolute Gasteiger partial charge is 0.468 e. The van der Waals surface area contributed by atoms with Crippen molar-refractivity contribution in [1.29, 1.82) is 0 Å². The van der Waals surface area contributed by atoms with E-state index >= 15 is 0 Å². The molecule has 26 heavy (non-hydrogen) atoms. The van der Waals surface area contributed by atoms with Crippen LogP contribution in [0.1, 0.15) is 13.8 Å². The fourth-order valence-corrected chi connectivity index (χ4v) is 2.50. The number of esters is 1. The van der Waals surface area contributed by atoms with Gasteiger partial charge in [0.05, 0.1) is 38.3 Å². The molecule has 1 aromatic rings. The number of hydrogen-bond donors (Lipinski definition) is 0. The summed E-state index contributed by atoms with van der Waals surface area (Å²) >= 11 is 0. The first-order chi connectivity index (χ1) is 12.4. The number of anilines is 2. The number of carbonyl (C=O) groups excluding carboxylic acids is 2. The first-order valence-electron chi connectivity index (χ1n) is 8.55. The van der Waals surface area contributed by atoms with Crippen molar-refractivity contribution in [3.05, 3.63) is 24.0 Å². The second-order valence-corrected chi connectivity index (χ2v) is 6.37. The Balaban J connectivity index is 2.21. The predicted octanol–water partition coefficient (Wildman–Crippen LogP) is 2.43. The summed E-state index contributed by atoms with van der Waals surface area (Å²) < 4.78 is 29.7. The average molecular weight is 368 g/mol. The summed E-state index contributed by atoms with van der Waals surface area (Å²) in [6.45, 7) is 5.91. The molecule has 0 aromatic heterocycles. The predicted molar refractivity (Wildman–Crippen MR) is 95.0 cm³/mol. The third-order valence-electron chi connectivity index (χ3n) is 3.87. The van der Waals surface area contributed by atoms with E-state index in [0.717, 1.165) is 4.90 Å². The Kier molecular flexibility index (Phi) is 7.20. The number of morpholine rings is 1. The van der Waals surface area contributed by atoms with E-state index in [2.05, 4.69) is 4.74 Å². The molecule has 1 saturated heterocycles. The number of halogens is 1. The van der Waals surface area contributed by atoms with E-state index in [1.54, 1.807) is 12.1 Å².